The Morgan fingerprint density at radius 2 is 1.61 bits per heavy atom. The molecule has 0 aliphatic carbocycles. The van der Waals surface area contributed by atoms with Crippen LogP contribution in [-0.2, 0) is 4.79 Å². The molecule has 3 aromatic rings. The average Bonchev–Trinajstić information content (AvgIpc) is 2.70. The van der Waals surface area contributed by atoms with Crippen molar-refractivity contribution in [2.45, 2.75) is 6.92 Å². The number of carbonyl (C=O) groups is 1. The smallest absolute Gasteiger partial charge is 0.310 e. The third-order valence-electron chi connectivity index (χ3n) is 3.95. The maximum Gasteiger partial charge on any atom is 0.310 e. The first-order chi connectivity index (χ1) is 13.5. The van der Waals surface area contributed by atoms with E-state index in [4.69, 9.17) is 4.74 Å². The summed E-state index contributed by atoms with van der Waals surface area (Å²) in [4.78, 5) is 22.7. The zero-order valence-electron chi connectivity index (χ0n) is 15.2. The Labute approximate surface area is 162 Å². The van der Waals surface area contributed by atoms with Crippen molar-refractivity contribution in [3.05, 3.63) is 88.5 Å². The van der Waals surface area contributed by atoms with Crippen LogP contribution in [0.2, 0.25) is 0 Å². The van der Waals surface area contributed by atoms with E-state index in [0.717, 1.165) is 16.9 Å². The third-order valence-corrected chi connectivity index (χ3v) is 3.95. The van der Waals surface area contributed by atoms with E-state index in [9.17, 15) is 14.9 Å². The van der Waals surface area contributed by atoms with Gasteiger partial charge in [-0.15, -0.1) is 0 Å². The minimum Gasteiger partial charge on any atom is -0.477 e. The Balaban J connectivity index is 1.66. The zero-order valence-corrected chi connectivity index (χ0v) is 15.2. The number of para-hydroxylation sites is 4. The van der Waals surface area contributed by atoms with Gasteiger partial charge in [0.2, 0.25) is 0 Å². The number of hydrogen-bond acceptors (Lipinski definition) is 5. The molecule has 0 saturated carbocycles. The van der Waals surface area contributed by atoms with Crippen LogP contribution in [0.4, 0.5) is 22.7 Å². The van der Waals surface area contributed by atoms with E-state index in [-0.39, 0.29) is 18.0 Å². The molecule has 3 aromatic carbocycles. The van der Waals surface area contributed by atoms with Gasteiger partial charge in [0.05, 0.1) is 16.3 Å². The molecule has 0 bridgehead atoms. The van der Waals surface area contributed by atoms with Gasteiger partial charge in [0.25, 0.3) is 5.91 Å². The van der Waals surface area contributed by atoms with Crippen LogP contribution in [0, 0.1) is 17.0 Å². The first kappa shape index (κ1) is 18.9. The van der Waals surface area contributed by atoms with Crippen molar-refractivity contribution in [2.75, 3.05) is 17.2 Å². The second kappa shape index (κ2) is 8.68. The first-order valence-electron chi connectivity index (χ1n) is 8.62. The Morgan fingerprint density at radius 1 is 0.964 bits per heavy atom. The molecular formula is C21H19N3O4. The number of rotatable bonds is 7. The maximum absolute atomic E-state index is 12.3. The quantitative estimate of drug-likeness (QED) is 0.461. The van der Waals surface area contributed by atoms with Crippen molar-refractivity contribution in [1.29, 1.82) is 0 Å². The fourth-order valence-corrected chi connectivity index (χ4v) is 2.55. The van der Waals surface area contributed by atoms with E-state index in [0.29, 0.717) is 5.69 Å². The average molecular weight is 377 g/mol. The van der Waals surface area contributed by atoms with Crippen molar-refractivity contribution in [1.82, 2.24) is 0 Å². The number of nitro groups is 1. The summed E-state index contributed by atoms with van der Waals surface area (Å²) in [6, 6.07) is 21.1. The van der Waals surface area contributed by atoms with Gasteiger partial charge in [-0.05, 0) is 37.3 Å². The van der Waals surface area contributed by atoms with Gasteiger partial charge in [-0.1, -0.05) is 42.0 Å². The summed E-state index contributed by atoms with van der Waals surface area (Å²) in [6.07, 6.45) is 0. The van der Waals surface area contributed by atoms with Crippen LogP contribution in [0.1, 0.15) is 5.56 Å². The largest absolute Gasteiger partial charge is 0.477 e. The molecule has 0 atom stereocenters. The second-order valence-corrected chi connectivity index (χ2v) is 6.10. The molecule has 0 unspecified atom stereocenters. The molecule has 2 N–H and O–H groups in total. The summed E-state index contributed by atoms with van der Waals surface area (Å²) >= 11 is 0. The van der Waals surface area contributed by atoms with Gasteiger partial charge in [-0.2, -0.15) is 0 Å². The van der Waals surface area contributed by atoms with Gasteiger partial charge in [-0.25, -0.2) is 0 Å². The molecule has 0 aliphatic heterocycles. The number of hydrogen-bond donors (Lipinski definition) is 2. The lowest BCUT2D eigenvalue weighted by atomic mass is 10.2. The molecule has 1 amide bonds. The lowest BCUT2D eigenvalue weighted by Gasteiger charge is -2.13. The van der Waals surface area contributed by atoms with Gasteiger partial charge in [0.15, 0.2) is 12.4 Å². The Kier molecular flexibility index (Phi) is 5.86. The van der Waals surface area contributed by atoms with E-state index < -0.39 is 10.8 Å². The van der Waals surface area contributed by atoms with E-state index in [1.165, 1.54) is 18.2 Å². The SMILES string of the molecule is Cc1ccc(Nc2ccccc2NC(=O)COc2ccccc2[N+](=O)[O-])cc1. The monoisotopic (exact) mass is 377 g/mol. The standard InChI is InChI=1S/C21H19N3O4/c1-15-10-12-16(13-11-15)22-17-6-2-3-7-18(17)23-21(25)14-28-20-9-5-4-8-19(20)24(26)27/h2-13,22H,14H2,1H3,(H,23,25). The van der Waals surface area contributed by atoms with Gasteiger partial charge in [0.1, 0.15) is 0 Å². The number of ether oxygens (including phenoxy) is 1. The topological polar surface area (TPSA) is 93.5 Å². The first-order valence-corrected chi connectivity index (χ1v) is 8.62. The highest BCUT2D eigenvalue weighted by atomic mass is 16.6. The van der Waals surface area contributed by atoms with Crippen molar-refractivity contribution < 1.29 is 14.5 Å². The minimum atomic E-state index is -0.548. The molecule has 7 heteroatoms. The third kappa shape index (κ3) is 4.85. The predicted octanol–water partition coefficient (Wildman–Crippen LogP) is 4.66. The van der Waals surface area contributed by atoms with Gasteiger partial charge in [0, 0.05) is 11.8 Å². The molecule has 0 aromatic heterocycles. The number of aryl methyl sites for hydroxylation is 1. The molecule has 28 heavy (non-hydrogen) atoms. The lowest BCUT2D eigenvalue weighted by Crippen LogP contribution is -2.21. The van der Waals surface area contributed by atoms with Crippen LogP contribution < -0.4 is 15.4 Å². The summed E-state index contributed by atoms with van der Waals surface area (Å²) < 4.78 is 5.33. The van der Waals surface area contributed by atoms with E-state index in [2.05, 4.69) is 10.6 Å². The maximum atomic E-state index is 12.3. The lowest BCUT2D eigenvalue weighted by molar-refractivity contribution is -0.385. The summed E-state index contributed by atoms with van der Waals surface area (Å²) in [7, 11) is 0. The van der Waals surface area contributed by atoms with E-state index >= 15 is 0 Å². The van der Waals surface area contributed by atoms with Gasteiger partial charge < -0.3 is 15.4 Å². The Bertz CT molecular complexity index is 987. The fraction of sp³-hybridized carbons (Fsp3) is 0.0952. The second-order valence-electron chi connectivity index (χ2n) is 6.10. The Hall–Kier alpha value is -3.87. The zero-order chi connectivity index (χ0) is 19.9. The summed E-state index contributed by atoms with van der Waals surface area (Å²) in [5.41, 5.74) is 3.17. The molecule has 0 radical (unpaired) electrons. The molecule has 142 valence electrons. The molecular weight excluding hydrogens is 358 g/mol. The number of benzene rings is 3. The highest BCUT2D eigenvalue weighted by Gasteiger charge is 2.15. The highest BCUT2D eigenvalue weighted by Crippen LogP contribution is 2.27. The number of nitrogens with zero attached hydrogens (tertiary/aromatic N) is 1. The number of nitro benzene ring substituents is 1. The van der Waals surface area contributed by atoms with Crippen LogP contribution in [0.15, 0.2) is 72.8 Å². The van der Waals surface area contributed by atoms with E-state index in [1.807, 2.05) is 43.3 Å². The molecule has 0 heterocycles. The van der Waals surface area contributed by atoms with Crippen LogP contribution in [0.3, 0.4) is 0 Å². The number of carbonyl (C=O) groups excluding carboxylic acids is 1. The van der Waals surface area contributed by atoms with Crippen molar-refractivity contribution in [3.8, 4) is 5.75 Å². The highest BCUT2D eigenvalue weighted by molar-refractivity contribution is 5.95. The summed E-state index contributed by atoms with van der Waals surface area (Å²) in [5.74, 6) is -0.370. The predicted molar refractivity (Wildman–Crippen MR) is 108 cm³/mol. The molecule has 0 fully saturated rings. The van der Waals surface area contributed by atoms with Crippen molar-refractivity contribution >= 4 is 28.7 Å². The molecule has 3 rings (SSSR count). The minimum absolute atomic E-state index is 0.0497. The van der Waals surface area contributed by atoms with Crippen LogP contribution in [0.25, 0.3) is 0 Å². The summed E-state index contributed by atoms with van der Waals surface area (Å²) in [5, 5.41) is 17.0. The molecule has 0 saturated heterocycles. The Morgan fingerprint density at radius 3 is 2.32 bits per heavy atom. The van der Waals surface area contributed by atoms with Gasteiger partial charge in [-0.3, -0.25) is 14.9 Å². The number of nitrogens with one attached hydrogen (secondary N) is 2. The number of amides is 1. The molecule has 0 spiro atoms. The molecule has 7 nitrogen and oxygen atoms in total. The van der Waals surface area contributed by atoms with Crippen molar-refractivity contribution in [2.24, 2.45) is 0 Å². The molecule has 0 aliphatic rings. The summed E-state index contributed by atoms with van der Waals surface area (Å²) in [6.45, 7) is 1.67. The fourth-order valence-electron chi connectivity index (χ4n) is 2.55. The van der Waals surface area contributed by atoms with Crippen molar-refractivity contribution in [3.63, 3.8) is 0 Å². The van der Waals surface area contributed by atoms with Crippen LogP contribution in [-0.4, -0.2) is 17.4 Å². The number of anilines is 3. The normalized spacial score (nSPS) is 10.2. The van der Waals surface area contributed by atoms with E-state index in [1.54, 1.807) is 18.2 Å². The van der Waals surface area contributed by atoms with Gasteiger partial charge >= 0.3 is 5.69 Å². The van der Waals surface area contributed by atoms with Crippen LogP contribution >= 0.6 is 0 Å². The van der Waals surface area contributed by atoms with Crippen LogP contribution in [0.5, 0.6) is 5.75 Å².